The van der Waals surface area contributed by atoms with Gasteiger partial charge in [0.15, 0.2) is 0 Å². The van der Waals surface area contributed by atoms with E-state index in [0.29, 0.717) is 19.5 Å². The number of benzene rings is 2. The topological polar surface area (TPSA) is 55.1 Å². The van der Waals surface area contributed by atoms with Crippen LogP contribution in [-0.2, 0) is 24.3 Å². The van der Waals surface area contributed by atoms with E-state index >= 15 is 0 Å². The lowest BCUT2D eigenvalue weighted by Crippen LogP contribution is -2.22. The first-order valence-corrected chi connectivity index (χ1v) is 7.36. The molecule has 0 heterocycles. The molecule has 3 nitrogen and oxygen atoms in total. The van der Waals surface area contributed by atoms with Crippen LogP contribution in [0, 0.1) is 0 Å². The number of hydrogen-bond acceptors (Lipinski definition) is 2. The minimum absolute atomic E-state index is 0.105. The average molecular weight is 282 g/mol. The van der Waals surface area contributed by atoms with Gasteiger partial charge in [0.05, 0.1) is 0 Å². The first-order chi connectivity index (χ1) is 10.3. The zero-order valence-electron chi connectivity index (χ0n) is 12.2. The highest BCUT2D eigenvalue weighted by atomic mass is 16.1. The highest BCUT2D eigenvalue weighted by molar-refractivity contribution is 5.75. The summed E-state index contributed by atoms with van der Waals surface area (Å²) in [6, 6.07) is 18.3. The van der Waals surface area contributed by atoms with E-state index in [1.807, 2.05) is 42.5 Å². The van der Waals surface area contributed by atoms with Crippen molar-refractivity contribution in [3.63, 3.8) is 0 Å². The van der Waals surface area contributed by atoms with Crippen molar-refractivity contribution in [2.45, 2.75) is 32.4 Å². The van der Waals surface area contributed by atoms with Gasteiger partial charge >= 0.3 is 0 Å². The Morgan fingerprint density at radius 2 is 1.57 bits per heavy atom. The molecule has 0 radical (unpaired) electrons. The normalized spacial score (nSPS) is 10.3. The Labute approximate surface area is 126 Å². The van der Waals surface area contributed by atoms with Crippen LogP contribution in [0.2, 0.25) is 0 Å². The van der Waals surface area contributed by atoms with Crippen molar-refractivity contribution >= 4 is 5.91 Å². The smallest absolute Gasteiger partial charge is 0.220 e. The number of hydrogen-bond donors (Lipinski definition) is 2. The molecule has 0 atom stereocenters. The summed E-state index contributed by atoms with van der Waals surface area (Å²) >= 11 is 0. The quantitative estimate of drug-likeness (QED) is 0.820. The molecule has 0 saturated heterocycles. The van der Waals surface area contributed by atoms with Crippen molar-refractivity contribution in [3.05, 3.63) is 71.3 Å². The predicted molar refractivity (Wildman–Crippen MR) is 85.6 cm³/mol. The van der Waals surface area contributed by atoms with Gasteiger partial charge in [-0.1, -0.05) is 54.6 Å². The zero-order valence-corrected chi connectivity index (χ0v) is 12.2. The number of rotatable bonds is 7. The summed E-state index contributed by atoms with van der Waals surface area (Å²) in [5, 5.41) is 2.95. The summed E-state index contributed by atoms with van der Waals surface area (Å²) in [4.78, 5) is 11.8. The molecule has 2 aromatic rings. The second-order valence-corrected chi connectivity index (χ2v) is 5.14. The molecule has 0 spiro atoms. The lowest BCUT2D eigenvalue weighted by atomic mass is 10.1. The molecule has 110 valence electrons. The Morgan fingerprint density at radius 3 is 2.24 bits per heavy atom. The van der Waals surface area contributed by atoms with E-state index in [0.717, 1.165) is 24.0 Å². The van der Waals surface area contributed by atoms with E-state index in [9.17, 15) is 4.79 Å². The minimum Gasteiger partial charge on any atom is -0.352 e. The lowest BCUT2D eigenvalue weighted by molar-refractivity contribution is -0.121. The van der Waals surface area contributed by atoms with E-state index < -0.39 is 0 Å². The molecular weight excluding hydrogens is 260 g/mol. The van der Waals surface area contributed by atoms with E-state index in [2.05, 4.69) is 17.4 Å². The fraction of sp³-hybridized carbons (Fsp3) is 0.278. The monoisotopic (exact) mass is 282 g/mol. The second kappa shape index (κ2) is 8.22. The van der Waals surface area contributed by atoms with Gasteiger partial charge < -0.3 is 11.1 Å². The Kier molecular flexibility index (Phi) is 5.98. The molecule has 0 aliphatic rings. The van der Waals surface area contributed by atoms with Crippen LogP contribution in [0.3, 0.4) is 0 Å². The number of carbonyl (C=O) groups is 1. The fourth-order valence-electron chi connectivity index (χ4n) is 2.18. The van der Waals surface area contributed by atoms with Crippen molar-refractivity contribution in [2.24, 2.45) is 5.73 Å². The van der Waals surface area contributed by atoms with Gasteiger partial charge in [-0.25, -0.2) is 0 Å². The Morgan fingerprint density at radius 1 is 0.905 bits per heavy atom. The third-order valence-corrected chi connectivity index (χ3v) is 3.46. The summed E-state index contributed by atoms with van der Waals surface area (Å²) in [6.45, 7) is 1.13. The molecule has 0 aromatic heterocycles. The SMILES string of the molecule is NCc1ccc(CNC(=O)CCCc2ccccc2)cc1. The largest absolute Gasteiger partial charge is 0.352 e. The molecule has 1 amide bonds. The van der Waals surface area contributed by atoms with Crippen LogP contribution in [-0.4, -0.2) is 5.91 Å². The molecular formula is C18H22N2O. The summed E-state index contributed by atoms with van der Waals surface area (Å²) < 4.78 is 0. The Balaban J connectivity index is 1.67. The Bertz CT molecular complexity index is 549. The maximum absolute atomic E-state index is 11.8. The van der Waals surface area contributed by atoms with Gasteiger partial charge in [-0.15, -0.1) is 0 Å². The molecule has 0 bridgehead atoms. The number of aryl methyl sites for hydroxylation is 1. The molecule has 3 N–H and O–H groups in total. The van der Waals surface area contributed by atoms with E-state index in [1.54, 1.807) is 0 Å². The lowest BCUT2D eigenvalue weighted by Gasteiger charge is -2.06. The van der Waals surface area contributed by atoms with Crippen LogP contribution in [0.15, 0.2) is 54.6 Å². The Hall–Kier alpha value is -2.13. The fourth-order valence-corrected chi connectivity index (χ4v) is 2.18. The maximum Gasteiger partial charge on any atom is 0.220 e. The summed E-state index contributed by atoms with van der Waals surface area (Å²) in [5.41, 5.74) is 9.04. The maximum atomic E-state index is 11.8. The van der Waals surface area contributed by atoms with Gasteiger partial charge in [0.1, 0.15) is 0 Å². The van der Waals surface area contributed by atoms with Crippen molar-refractivity contribution < 1.29 is 4.79 Å². The van der Waals surface area contributed by atoms with Crippen LogP contribution in [0.4, 0.5) is 0 Å². The number of carbonyl (C=O) groups excluding carboxylic acids is 1. The van der Waals surface area contributed by atoms with Gasteiger partial charge in [0, 0.05) is 19.5 Å². The predicted octanol–water partition coefficient (Wildman–Crippen LogP) is 2.78. The molecule has 2 aromatic carbocycles. The van der Waals surface area contributed by atoms with Crippen molar-refractivity contribution in [2.75, 3.05) is 0 Å². The molecule has 2 rings (SSSR count). The van der Waals surface area contributed by atoms with Crippen molar-refractivity contribution in [3.8, 4) is 0 Å². The molecule has 3 heteroatoms. The van der Waals surface area contributed by atoms with Gasteiger partial charge in [0.2, 0.25) is 5.91 Å². The molecule has 0 aliphatic heterocycles. The van der Waals surface area contributed by atoms with Crippen LogP contribution in [0.5, 0.6) is 0 Å². The standard InChI is InChI=1S/C18H22N2O/c19-13-16-9-11-17(12-10-16)14-20-18(21)8-4-7-15-5-2-1-3-6-15/h1-3,5-6,9-12H,4,7-8,13-14,19H2,(H,20,21). The third-order valence-electron chi connectivity index (χ3n) is 3.46. The molecule has 21 heavy (non-hydrogen) atoms. The molecule has 0 fully saturated rings. The first-order valence-electron chi connectivity index (χ1n) is 7.36. The van der Waals surface area contributed by atoms with E-state index in [1.165, 1.54) is 5.56 Å². The van der Waals surface area contributed by atoms with Gasteiger partial charge in [0.25, 0.3) is 0 Å². The summed E-state index contributed by atoms with van der Waals surface area (Å²) in [5.74, 6) is 0.105. The minimum atomic E-state index is 0.105. The van der Waals surface area contributed by atoms with Gasteiger partial charge in [-0.3, -0.25) is 4.79 Å². The van der Waals surface area contributed by atoms with Gasteiger partial charge in [-0.2, -0.15) is 0 Å². The van der Waals surface area contributed by atoms with Crippen LogP contribution >= 0.6 is 0 Å². The van der Waals surface area contributed by atoms with Gasteiger partial charge in [-0.05, 0) is 29.5 Å². The summed E-state index contributed by atoms with van der Waals surface area (Å²) in [7, 11) is 0. The number of nitrogens with one attached hydrogen (secondary N) is 1. The summed E-state index contributed by atoms with van der Waals surface area (Å²) in [6.07, 6.45) is 2.39. The highest BCUT2D eigenvalue weighted by Crippen LogP contribution is 2.06. The zero-order chi connectivity index (χ0) is 14.9. The van der Waals surface area contributed by atoms with E-state index in [4.69, 9.17) is 5.73 Å². The van der Waals surface area contributed by atoms with Crippen LogP contribution < -0.4 is 11.1 Å². The van der Waals surface area contributed by atoms with Crippen molar-refractivity contribution in [1.29, 1.82) is 0 Å². The second-order valence-electron chi connectivity index (χ2n) is 5.14. The molecule has 0 saturated carbocycles. The number of nitrogens with two attached hydrogens (primary N) is 1. The van der Waals surface area contributed by atoms with E-state index in [-0.39, 0.29) is 5.91 Å². The van der Waals surface area contributed by atoms with Crippen molar-refractivity contribution in [1.82, 2.24) is 5.32 Å². The third kappa shape index (κ3) is 5.40. The number of amides is 1. The molecule has 0 aliphatic carbocycles. The average Bonchev–Trinajstić information content (AvgIpc) is 2.54. The molecule has 0 unspecified atom stereocenters. The first kappa shape index (κ1) is 15.3. The highest BCUT2D eigenvalue weighted by Gasteiger charge is 2.02. The van der Waals surface area contributed by atoms with Crippen LogP contribution in [0.1, 0.15) is 29.5 Å². The van der Waals surface area contributed by atoms with Crippen LogP contribution in [0.25, 0.3) is 0 Å².